The second-order valence-electron chi connectivity index (χ2n) is 9.05. The Labute approximate surface area is 216 Å². The monoisotopic (exact) mass is 500 g/mol. The lowest BCUT2D eigenvalue weighted by Crippen LogP contribution is -2.73. The van der Waals surface area contributed by atoms with Gasteiger partial charge >= 0.3 is 0 Å². The minimum atomic E-state index is 0.794. The minimum absolute atomic E-state index is 0.794. The molecule has 0 amide bonds. The number of nitrogens with two attached hydrogens (primary N) is 1. The van der Waals surface area contributed by atoms with Crippen molar-refractivity contribution in [3.05, 3.63) is 81.0 Å². The van der Waals surface area contributed by atoms with E-state index in [-0.39, 0.29) is 0 Å². The fraction of sp³-hybridized carbons (Fsp3) is 0.448. The van der Waals surface area contributed by atoms with Crippen molar-refractivity contribution in [3.63, 3.8) is 0 Å². The maximum Gasteiger partial charge on any atom is 0.138 e. The predicted molar refractivity (Wildman–Crippen MR) is 148 cm³/mol. The molecule has 0 atom stereocenters. The van der Waals surface area contributed by atoms with E-state index >= 15 is 0 Å². The van der Waals surface area contributed by atoms with Crippen LogP contribution in [0.15, 0.2) is 70.5 Å². The number of hydrogen-bond acceptors (Lipinski definition) is 2. The Hall–Kier alpha value is -1.94. The lowest BCUT2D eigenvalue weighted by molar-refractivity contribution is -0.539. The first-order valence-corrected chi connectivity index (χ1v) is 13.6. The normalized spacial score (nSPS) is 17.6. The van der Waals surface area contributed by atoms with E-state index in [2.05, 4.69) is 66.4 Å². The Morgan fingerprint density at radius 1 is 1.03 bits per heavy atom. The number of halogens is 2. The summed E-state index contributed by atoms with van der Waals surface area (Å²) < 4.78 is 0. The van der Waals surface area contributed by atoms with Crippen molar-refractivity contribution < 1.29 is 5.32 Å². The summed E-state index contributed by atoms with van der Waals surface area (Å²) >= 11 is 12.6. The van der Waals surface area contributed by atoms with E-state index in [0.29, 0.717) is 0 Å². The highest BCUT2D eigenvalue weighted by Crippen LogP contribution is 2.32. The zero-order valence-corrected chi connectivity index (χ0v) is 22.2. The third kappa shape index (κ3) is 8.08. The van der Waals surface area contributed by atoms with E-state index in [1.165, 1.54) is 66.7 Å². The van der Waals surface area contributed by atoms with Gasteiger partial charge in [-0.2, -0.15) is 0 Å². The molecule has 5 heteroatoms. The largest absolute Gasteiger partial charge is 0.385 e. The number of allylic oxidation sites excluding steroid dienone is 8. The highest BCUT2D eigenvalue weighted by atomic mass is 35.5. The van der Waals surface area contributed by atoms with Crippen LogP contribution in [0.5, 0.6) is 0 Å². The number of rotatable bonds is 11. The van der Waals surface area contributed by atoms with Gasteiger partial charge in [0, 0.05) is 40.6 Å². The molecule has 1 aromatic carbocycles. The van der Waals surface area contributed by atoms with Gasteiger partial charge in [0.25, 0.3) is 0 Å². The number of nitrogens with one attached hydrogen (secondary N) is 2. The molecule has 3 nitrogen and oxygen atoms in total. The molecule has 0 bridgehead atoms. The summed E-state index contributed by atoms with van der Waals surface area (Å²) in [6.45, 7) is 4.01. The van der Waals surface area contributed by atoms with Crippen LogP contribution in [0.4, 0.5) is 5.69 Å². The smallest absolute Gasteiger partial charge is 0.138 e. The molecule has 0 aromatic heterocycles. The second kappa shape index (κ2) is 14.5. The molecule has 3 rings (SSSR count). The first-order chi connectivity index (χ1) is 16.6. The zero-order chi connectivity index (χ0) is 24.2. The van der Waals surface area contributed by atoms with Crippen LogP contribution in [0, 0.1) is 0 Å². The average Bonchev–Trinajstić information content (AvgIpc) is 2.85. The van der Waals surface area contributed by atoms with Gasteiger partial charge in [-0.05, 0) is 99.8 Å². The van der Waals surface area contributed by atoms with Crippen LogP contribution >= 0.6 is 23.2 Å². The van der Waals surface area contributed by atoms with E-state index in [4.69, 9.17) is 23.2 Å². The molecule has 0 radical (unpaired) electrons. The number of hydrogen-bond donors (Lipinski definition) is 3. The molecule has 1 aromatic rings. The third-order valence-corrected chi connectivity index (χ3v) is 6.95. The van der Waals surface area contributed by atoms with Gasteiger partial charge in [-0.1, -0.05) is 41.8 Å². The molecule has 1 saturated carbocycles. The molecular formula is C29H40Cl2N3+. The molecule has 0 heterocycles. The molecule has 2 aliphatic carbocycles. The van der Waals surface area contributed by atoms with Crippen LogP contribution in [0.25, 0.3) is 5.70 Å². The lowest BCUT2D eigenvalue weighted by atomic mass is 9.90. The fourth-order valence-electron chi connectivity index (χ4n) is 4.71. The summed E-state index contributed by atoms with van der Waals surface area (Å²) in [5, 5.41) is 11.2. The Bertz CT molecular complexity index is 962. The van der Waals surface area contributed by atoms with Gasteiger partial charge < -0.3 is 16.0 Å². The van der Waals surface area contributed by atoms with Crippen LogP contribution in [0.1, 0.15) is 70.3 Å². The van der Waals surface area contributed by atoms with Crippen molar-refractivity contribution in [1.29, 1.82) is 0 Å². The molecule has 0 saturated heterocycles. The topological polar surface area (TPSA) is 40.7 Å². The summed E-state index contributed by atoms with van der Waals surface area (Å²) in [7, 11) is 2.10. The van der Waals surface area contributed by atoms with E-state index in [9.17, 15) is 0 Å². The predicted octanol–water partition coefficient (Wildman–Crippen LogP) is 7.10. The maximum absolute atomic E-state index is 6.39. The van der Waals surface area contributed by atoms with Crippen molar-refractivity contribution in [3.8, 4) is 0 Å². The highest BCUT2D eigenvalue weighted by molar-refractivity contribution is 6.31. The summed E-state index contributed by atoms with van der Waals surface area (Å²) in [6.07, 6.45) is 21.1. The van der Waals surface area contributed by atoms with Crippen LogP contribution in [0.2, 0.25) is 5.02 Å². The van der Waals surface area contributed by atoms with E-state index in [1.807, 2.05) is 12.1 Å². The van der Waals surface area contributed by atoms with Gasteiger partial charge in [-0.15, -0.1) is 0 Å². The Kier molecular flexibility index (Phi) is 11.3. The van der Waals surface area contributed by atoms with Crippen LogP contribution in [-0.2, 0) is 0 Å². The van der Waals surface area contributed by atoms with Gasteiger partial charge in [0.15, 0.2) is 0 Å². The van der Waals surface area contributed by atoms with Crippen LogP contribution in [-0.4, -0.2) is 20.1 Å². The number of unbranched alkanes of at least 4 members (excludes halogenated alkanes) is 2. The Balaban J connectivity index is 1.53. The highest BCUT2D eigenvalue weighted by Gasteiger charge is 2.17. The number of quaternary nitrogens is 1. The number of benzene rings is 1. The second-order valence-corrected chi connectivity index (χ2v) is 9.92. The van der Waals surface area contributed by atoms with Crippen molar-refractivity contribution >= 4 is 34.6 Å². The van der Waals surface area contributed by atoms with Gasteiger partial charge in [-0.3, -0.25) is 0 Å². The van der Waals surface area contributed by atoms with Crippen molar-refractivity contribution in [1.82, 2.24) is 10.6 Å². The van der Waals surface area contributed by atoms with E-state index in [1.54, 1.807) is 5.57 Å². The SMILES string of the molecule is C/C=C/C(NCCCCCNC(=C1CCCCC1)c1cc(Cl)ccc1[NH2+]C)=C1/C=C(Cl)C=CC1. The van der Waals surface area contributed by atoms with E-state index in [0.717, 1.165) is 42.4 Å². The van der Waals surface area contributed by atoms with Gasteiger partial charge in [0.05, 0.1) is 12.6 Å². The summed E-state index contributed by atoms with van der Waals surface area (Å²) in [5.74, 6) is 0. The molecule has 4 N–H and O–H groups in total. The van der Waals surface area contributed by atoms with Crippen molar-refractivity contribution in [2.24, 2.45) is 0 Å². The molecule has 0 aliphatic heterocycles. The first-order valence-electron chi connectivity index (χ1n) is 12.8. The summed E-state index contributed by atoms with van der Waals surface area (Å²) in [6, 6.07) is 6.25. The van der Waals surface area contributed by atoms with Crippen LogP contribution in [0.3, 0.4) is 0 Å². The maximum atomic E-state index is 6.39. The molecule has 1 fully saturated rings. The van der Waals surface area contributed by atoms with Crippen molar-refractivity contribution in [2.45, 2.75) is 64.7 Å². The molecule has 0 unspecified atom stereocenters. The standard InChI is InChI=1S/C29H39Cl2N3/c1-3-11-27(23-14-10-15-24(30)20-23)33-18-8-5-9-19-34-29(22-12-6-4-7-13-22)26-21-25(31)16-17-28(26)32-2/h3,10-11,15-17,20-21,32-34H,4-9,12-14,18-19H2,1-2H3/p+1/b11-3+,27-23-. The molecule has 34 heavy (non-hydrogen) atoms. The van der Waals surface area contributed by atoms with Gasteiger partial charge in [0.2, 0.25) is 0 Å². The quantitative estimate of drug-likeness (QED) is 0.224. The summed E-state index contributed by atoms with van der Waals surface area (Å²) in [5.41, 5.74) is 7.82. The Morgan fingerprint density at radius 2 is 1.79 bits per heavy atom. The van der Waals surface area contributed by atoms with Crippen molar-refractivity contribution in [2.75, 3.05) is 20.1 Å². The Morgan fingerprint density at radius 3 is 2.50 bits per heavy atom. The minimum Gasteiger partial charge on any atom is -0.385 e. The first kappa shape index (κ1) is 26.7. The van der Waals surface area contributed by atoms with Gasteiger partial charge in [-0.25, -0.2) is 0 Å². The lowest BCUT2D eigenvalue weighted by Gasteiger charge is -2.22. The zero-order valence-electron chi connectivity index (χ0n) is 20.7. The molecular weight excluding hydrogens is 461 g/mol. The molecule has 0 spiro atoms. The van der Waals surface area contributed by atoms with E-state index < -0.39 is 0 Å². The average molecular weight is 502 g/mol. The third-order valence-electron chi connectivity index (χ3n) is 6.48. The van der Waals surface area contributed by atoms with Crippen LogP contribution < -0.4 is 16.0 Å². The summed E-state index contributed by atoms with van der Waals surface area (Å²) in [4.78, 5) is 0. The van der Waals surface area contributed by atoms with Gasteiger partial charge in [0.1, 0.15) is 5.69 Å². The molecule has 184 valence electrons. The fourth-order valence-corrected chi connectivity index (χ4v) is 5.10. The molecule has 2 aliphatic rings.